The van der Waals surface area contributed by atoms with Gasteiger partial charge in [-0.3, -0.25) is 5.10 Å². The molecule has 1 heterocycles. The zero-order valence-corrected chi connectivity index (χ0v) is 12.1. The second-order valence-corrected chi connectivity index (χ2v) is 6.17. The molecular formula is C17H19N3. The number of nitrogens with one attached hydrogen (secondary N) is 1. The van der Waals surface area contributed by atoms with E-state index in [4.69, 9.17) is 5.73 Å². The van der Waals surface area contributed by atoms with Crippen LogP contribution in [-0.4, -0.2) is 10.2 Å². The van der Waals surface area contributed by atoms with Gasteiger partial charge in [0.2, 0.25) is 0 Å². The number of aromatic amines is 1. The molecular weight excluding hydrogens is 246 g/mol. The van der Waals surface area contributed by atoms with E-state index in [1.807, 2.05) is 18.2 Å². The quantitative estimate of drug-likeness (QED) is 0.650. The Morgan fingerprint density at radius 3 is 2.35 bits per heavy atom. The Balaban J connectivity index is 2.10. The van der Waals surface area contributed by atoms with Crippen molar-refractivity contribution in [1.82, 2.24) is 10.2 Å². The number of H-pyrrole nitrogens is 1. The van der Waals surface area contributed by atoms with Crippen LogP contribution in [0, 0.1) is 0 Å². The van der Waals surface area contributed by atoms with Crippen molar-refractivity contribution in [2.24, 2.45) is 0 Å². The van der Waals surface area contributed by atoms with Gasteiger partial charge in [0.1, 0.15) is 0 Å². The predicted octanol–water partition coefficient (Wildman–Crippen LogP) is 4.11. The average molecular weight is 265 g/mol. The summed E-state index contributed by atoms with van der Waals surface area (Å²) in [5, 5.41) is 8.50. The first-order valence-electron chi connectivity index (χ1n) is 6.80. The lowest BCUT2D eigenvalue weighted by Gasteiger charge is -2.18. The highest BCUT2D eigenvalue weighted by molar-refractivity contribution is 5.98. The number of nitrogen functional groups attached to an aromatic ring is 1. The molecule has 3 aromatic rings. The van der Waals surface area contributed by atoms with E-state index in [9.17, 15) is 0 Å². The Labute approximate surface area is 118 Å². The molecule has 3 rings (SSSR count). The van der Waals surface area contributed by atoms with Crippen LogP contribution in [0.3, 0.4) is 0 Å². The molecule has 0 fully saturated rings. The van der Waals surface area contributed by atoms with Crippen molar-refractivity contribution in [2.75, 3.05) is 5.73 Å². The zero-order chi connectivity index (χ0) is 14.3. The number of para-hydroxylation sites is 1. The maximum absolute atomic E-state index is 5.96. The standard InChI is InChI=1S/C17H19N3/c1-17(2,3)12-9-7-11(8-10-12)15-13-5-4-6-14(18)16(13)20-19-15/h4-10H,18H2,1-3H3,(H,19,20). The molecule has 0 bridgehead atoms. The number of nitrogens with zero attached hydrogens (tertiary/aromatic N) is 1. The molecule has 0 spiro atoms. The van der Waals surface area contributed by atoms with E-state index in [-0.39, 0.29) is 5.41 Å². The Morgan fingerprint density at radius 1 is 1.00 bits per heavy atom. The molecule has 1 aromatic heterocycles. The number of anilines is 1. The van der Waals surface area contributed by atoms with E-state index in [2.05, 4.69) is 55.2 Å². The summed E-state index contributed by atoms with van der Waals surface area (Å²) >= 11 is 0. The van der Waals surface area contributed by atoms with Gasteiger partial charge >= 0.3 is 0 Å². The molecule has 2 aromatic carbocycles. The molecule has 0 radical (unpaired) electrons. The van der Waals surface area contributed by atoms with Crippen LogP contribution in [-0.2, 0) is 5.41 Å². The van der Waals surface area contributed by atoms with Crippen LogP contribution in [0.25, 0.3) is 22.2 Å². The van der Waals surface area contributed by atoms with Crippen LogP contribution in [0.2, 0.25) is 0 Å². The van der Waals surface area contributed by atoms with E-state index in [0.717, 1.165) is 27.8 Å². The van der Waals surface area contributed by atoms with Gasteiger partial charge in [0.15, 0.2) is 0 Å². The van der Waals surface area contributed by atoms with Crippen molar-refractivity contribution in [3.63, 3.8) is 0 Å². The summed E-state index contributed by atoms with van der Waals surface area (Å²) in [6.45, 7) is 6.64. The summed E-state index contributed by atoms with van der Waals surface area (Å²) in [5.41, 5.74) is 11.1. The van der Waals surface area contributed by atoms with Crippen molar-refractivity contribution < 1.29 is 0 Å². The smallest absolute Gasteiger partial charge is 0.1000 e. The summed E-state index contributed by atoms with van der Waals surface area (Å²) in [5.74, 6) is 0. The first kappa shape index (κ1) is 12.7. The van der Waals surface area contributed by atoms with Gasteiger partial charge in [-0.25, -0.2) is 0 Å². The second-order valence-electron chi connectivity index (χ2n) is 6.17. The van der Waals surface area contributed by atoms with Gasteiger partial charge in [-0.2, -0.15) is 5.10 Å². The Bertz CT molecular complexity index is 746. The zero-order valence-electron chi connectivity index (χ0n) is 12.1. The molecule has 0 aliphatic heterocycles. The maximum atomic E-state index is 5.96. The Hall–Kier alpha value is -2.29. The number of hydrogen-bond donors (Lipinski definition) is 2. The minimum absolute atomic E-state index is 0.163. The molecule has 0 atom stereocenters. The fraction of sp³-hybridized carbons (Fsp3) is 0.235. The Kier molecular flexibility index (Phi) is 2.78. The van der Waals surface area contributed by atoms with Gasteiger partial charge in [0.25, 0.3) is 0 Å². The van der Waals surface area contributed by atoms with Crippen molar-refractivity contribution in [2.45, 2.75) is 26.2 Å². The normalized spacial score (nSPS) is 11.9. The topological polar surface area (TPSA) is 54.7 Å². The van der Waals surface area contributed by atoms with Crippen LogP contribution in [0.4, 0.5) is 5.69 Å². The summed E-state index contributed by atoms with van der Waals surface area (Å²) in [6.07, 6.45) is 0. The molecule has 0 aliphatic carbocycles. The van der Waals surface area contributed by atoms with Crippen molar-refractivity contribution in [1.29, 1.82) is 0 Å². The van der Waals surface area contributed by atoms with Gasteiger partial charge in [-0.05, 0) is 17.0 Å². The minimum Gasteiger partial charge on any atom is -0.397 e. The monoisotopic (exact) mass is 265 g/mol. The van der Waals surface area contributed by atoms with E-state index in [0.29, 0.717) is 0 Å². The highest BCUT2D eigenvalue weighted by atomic mass is 15.1. The summed E-state index contributed by atoms with van der Waals surface area (Å²) in [4.78, 5) is 0. The molecule has 0 unspecified atom stereocenters. The van der Waals surface area contributed by atoms with Crippen molar-refractivity contribution >= 4 is 16.6 Å². The first-order chi connectivity index (χ1) is 9.47. The third-order valence-corrected chi connectivity index (χ3v) is 3.66. The molecule has 3 nitrogen and oxygen atoms in total. The number of benzene rings is 2. The molecule has 0 saturated carbocycles. The van der Waals surface area contributed by atoms with Crippen LogP contribution in [0.1, 0.15) is 26.3 Å². The lowest BCUT2D eigenvalue weighted by Crippen LogP contribution is -2.10. The molecule has 20 heavy (non-hydrogen) atoms. The van der Waals surface area contributed by atoms with Gasteiger partial charge in [0, 0.05) is 10.9 Å². The van der Waals surface area contributed by atoms with Crippen LogP contribution < -0.4 is 5.73 Å². The number of hydrogen-bond acceptors (Lipinski definition) is 2. The molecule has 0 saturated heterocycles. The highest BCUT2D eigenvalue weighted by Gasteiger charge is 2.14. The third-order valence-electron chi connectivity index (χ3n) is 3.66. The molecule has 0 amide bonds. The van der Waals surface area contributed by atoms with E-state index in [1.165, 1.54) is 5.56 Å². The molecule has 0 aliphatic rings. The second kappa shape index (κ2) is 4.37. The van der Waals surface area contributed by atoms with Crippen molar-refractivity contribution in [3.05, 3.63) is 48.0 Å². The molecule has 3 heteroatoms. The van der Waals surface area contributed by atoms with Crippen LogP contribution >= 0.6 is 0 Å². The predicted molar refractivity (Wildman–Crippen MR) is 84.6 cm³/mol. The van der Waals surface area contributed by atoms with Crippen LogP contribution in [0.5, 0.6) is 0 Å². The SMILES string of the molecule is CC(C)(C)c1ccc(-c2n[nH]c3c(N)cccc23)cc1. The minimum atomic E-state index is 0.163. The van der Waals surface area contributed by atoms with Gasteiger partial charge < -0.3 is 5.73 Å². The number of aromatic nitrogens is 2. The highest BCUT2D eigenvalue weighted by Crippen LogP contribution is 2.30. The van der Waals surface area contributed by atoms with E-state index >= 15 is 0 Å². The van der Waals surface area contributed by atoms with Gasteiger partial charge in [-0.1, -0.05) is 57.2 Å². The first-order valence-corrected chi connectivity index (χ1v) is 6.80. The van der Waals surface area contributed by atoms with Gasteiger partial charge in [-0.15, -0.1) is 0 Å². The van der Waals surface area contributed by atoms with E-state index < -0.39 is 0 Å². The molecule has 3 N–H and O–H groups in total. The van der Waals surface area contributed by atoms with Crippen molar-refractivity contribution in [3.8, 4) is 11.3 Å². The Morgan fingerprint density at radius 2 is 1.70 bits per heavy atom. The lowest BCUT2D eigenvalue weighted by atomic mass is 9.86. The summed E-state index contributed by atoms with van der Waals surface area (Å²) in [6, 6.07) is 14.5. The van der Waals surface area contributed by atoms with Gasteiger partial charge in [0.05, 0.1) is 16.9 Å². The number of nitrogens with two attached hydrogens (primary N) is 1. The average Bonchev–Trinajstić information content (AvgIpc) is 2.83. The van der Waals surface area contributed by atoms with Crippen LogP contribution in [0.15, 0.2) is 42.5 Å². The molecule has 102 valence electrons. The lowest BCUT2D eigenvalue weighted by molar-refractivity contribution is 0.590. The number of fused-ring (bicyclic) bond motifs is 1. The fourth-order valence-electron chi connectivity index (χ4n) is 2.41. The summed E-state index contributed by atoms with van der Waals surface area (Å²) in [7, 11) is 0. The summed E-state index contributed by atoms with van der Waals surface area (Å²) < 4.78 is 0. The number of rotatable bonds is 1. The maximum Gasteiger partial charge on any atom is 0.1000 e. The fourth-order valence-corrected chi connectivity index (χ4v) is 2.41. The van der Waals surface area contributed by atoms with E-state index in [1.54, 1.807) is 0 Å². The third kappa shape index (κ3) is 2.05. The largest absolute Gasteiger partial charge is 0.397 e.